The zero-order valence-electron chi connectivity index (χ0n) is 33.4. The first kappa shape index (κ1) is 45.4. The molecule has 0 saturated heterocycles. The Morgan fingerprint density at radius 2 is 1.54 bits per heavy atom. The lowest BCUT2D eigenvalue weighted by Gasteiger charge is -2.33. The number of allylic oxidation sites excluding steroid dienone is 1. The molecular weight excluding hydrogens is 694 g/mol. The number of amides is 5. The first-order valence-electron chi connectivity index (χ1n) is 19.0. The molecule has 0 bridgehead atoms. The molecule has 54 heavy (non-hydrogen) atoms. The van der Waals surface area contributed by atoms with Gasteiger partial charge in [0.15, 0.2) is 6.10 Å². The molecule has 0 radical (unpaired) electrons. The third-order valence-corrected chi connectivity index (χ3v) is 9.52. The molecule has 14 heteroatoms. The van der Waals surface area contributed by atoms with Crippen molar-refractivity contribution in [3.63, 3.8) is 0 Å². The zero-order chi connectivity index (χ0) is 40.5. The van der Waals surface area contributed by atoms with Gasteiger partial charge in [-0.3, -0.25) is 24.0 Å². The van der Waals surface area contributed by atoms with Gasteiger partial charge in [0.05, 0.1) is 13.2 Å². The second-order valence-corrected chi connectivity index (χ2v) is 14.6. The minimum atomic E-state index is -1.17. The van der Waals surface area contributed by atoms with Gasteiger partial charge in [0.2, 0.25) is 23.6 Å². The van der Waals surface area contributed by atoms with Crippen molar-refractivity contribution < 1.29 is 43.0 Å². The smallest absolute Gasteiger partial charge is 0.334 e. The van der Waals surface area contributed by atoms with Crippen molar-refractivity contribution in [3.05, 3.63) is 47.5 Å². The summed E-state index contributed by atoms with van der Waals surface area (Å²) in [5.41, 5.74) is 1.07. The van der Waals surface area contributed by atoms with Crippen LogP contribution >= 0.6 is 0 Å². The van der Waals surface area contributed by atoms with Gasteiger partial charge in [-0.15, -0.1) is 0 Å². The predicted octanol–water partition coefficient (Wildman–Crippen LogP) is 3.08. The Hall–Kier alpha value is -4.75. The average molecular weight is 756 g/mol. The Balaban J connectivity index is 2.48. The van der Waals surface area contributed by atoms with Crippen molar-refractivity contribution in [2.45, 2.75) is 124 Å². The molecule has 6 atom stereocenters. The summed E-state index contributed by atoms with van der Waals surface area (Å²) >= 11 is 0. The van der Waals surface area contributed by atoms with Crippen molar-refractivity contribution >= 4 is 41.5 Å². The molecule has 0 aromatic heterocycles. The highest BCUT2D eigenvalue weighted by Gasteiger charge is 2.35. The lowest BCUT2D eigenvalue weighted by Crippen LogP contribution is -2.57. The minimum Gasteiger partial charge on any atom is -0.464 e. The summed E-state index contributed by atoms with van der Waals surface area (Å²) in [6.07, 6.45) is 3.23. The van der Waals surface area contributed by atoms with Crippen molar-refractivity contribution in [1.29, 1.82) is 0 Å². The van der Waals surface area contributed by atoms with Crippen LogP contribution in [0.4, 0.5) is 0 Å². The molecule has 300 valence electrons. The fourth-order valence-electron chi connectivity index (χ4n) is 5.89. The van der Waals surface area contributed by atoms with Gasteiger partial charge in [0, 0.05) is 26.1 Å². The number of rotatable bonds is 7. The fourth-order valence-corrected chi connectivity index (χ4v) is 5.89. The van der Waals surface area contributed by atoms with Crippen LogP contribution in [0.25, 0.3) is 0 Å². The van der Waals surface area contributed by atoms with E-state index in [-0.39, 0.29) is 37.7 Å². The normalized spacial score (nSPS) is 25.9. The quantitative estimate of drug-likeness (QED) is 0.353. The maximum Gasteiger partial charge on any atom is 0.334 e. The number of hydrogen-bond donors (Lipinski definition) is 3. The molecule has 2 rings (SSSR count). The summed E-state index contributed by atoms with van der Waals surface area (Å²) in [5.74, 6) is -4.52. The Morgan fingerprint density at radius 1 is 0.870 bits per heavy atom. The van der Waals surface area contributed by atoms with Gasteiger partial charge in [-0.2, -0.15) is 0 Å². The molecule has 1 aromatic carbocycles. The van der Waals surface area contributed by atoms with Crippen LogP contribution in [0, 0.1) is 11.8 Å². The summed E-state index contributed by atoms with van der Waals surface area (Å²) in [4.78, 5) is 96.6. The topological polar surface area (TPSA) is 181 Å². The predicted molar refractivity (Wildman–Crippen MR) is 203 cm³/mol. The SMILES string of the molecule is CCC(C)C1NC(=O)CN(C)C(=O)[C@@H](Cc2ccccc2)N(C)C(=O)[C@H](C)NC(=O)[C@@H](CC(C)C)OC(=O)/C(C)=C/CCCCOC(=O)[C@@H](CC)NC1=O. The van der Waals surface area contributed by atoms with Crippen LogP contribution in [0.15, 0.2) is 42.0 Å². The summed E-state index contributed by atoms with van der Waals surface area (Å²) in [5, 5.41) is 8.13. The second-order valence-electron chi connectivity index (χ2n) is 14.6. The Kier molecular flexibility index (Phi) is 18.9. The number of benzene rings is 1. The molecule has 1 heterocycles. The molecular formula is C40H61N5O9. The Morgan fingerprint density at radius 3 is 2.15 bits per heavy atom. The number of hydrogen-bond acceptors (Lipinski definition) is 9. The molecule has 14 nitrogen and oxygen atoms in total. The van der Waals surface area contributed by atoms with Crippen molar-refractivity contribution in [1.82, 2.24) is 25.8 Å². The first-order chi connectivity index (χ1) is 25.5. The van der Waals surface area contributed by atoms with E-state index in [4.69, 9.17) is 9.47 Å². The number of likely N-dealkylation sites (N-methyl/N-ethyl adjacent to an activating group) is 2. The van der Waals surface area contributed by atoms with Gasteiger partial charge in [-0.1, -0.05) is 77.4 Å². The zero-order valence-corrected chi connectivity index (χ0v) is 33.4. The summed E-state index contributed by atoms with van der Waals surface area (Å²) in [6.45, 7) is 11.9. The van der Waals surface area contributed by atoms with Crippen molar-refractivity contribution in [2.24, 2.45) is 11.8 Å². The average Bonchev–Trinajstić information content (AvgIpc) is 3.14. The van der Waals surface area contributed by atoms with Crippen LogP contribution in [0.5, 0.6) is 0 Å². The summed E-state index contributed by atoms with van der Waals surface area (Å²) < 4.78 is 11.1. The van der Waals surface area contributed by atoms with E-state index >= 15 is 0 Å². The van der Waals surface area contributed by atoms with Crippen LogP contribution < -0.4 is 16.0 Å². The van der Waals surface area contributed by atoms with Crippen molar-refractivity contribution in [2.75, 3.05) is 27.2 Å². The first-order valence-corrected chi connectivity index (χ1v) is 19.0. The maximum atomic E-state index is 14.0. The molecule has 1 aliphatic heterocycles. The van der Waals surface area contributed by atoms with Gasteiger partial charge in [-0.05, 0) is 63.4 Å². The highest BCUT2D eigenvalue weighted by atomic mass is 16.5. The van der Waals surface area contributed by atoms with Gasteiger partial charge in [0.25, 0.3) is 5.91 Å². The highest BCUT2D eigenvalue weighted by Crippen LogP contribution is 2.16. The van der Waals surface area contributed by atoms with Gasteiger partial charge in [0.1, 0.15) is 24.2 Å². The van der Waals surface area contributed by atoms with E-state index < -0.39 is 78.3 Å². The number of nitrogens with one attached hydrogen (secondary N) is 3. The molecule has 1 aliphatic rings. The lowest BCUT2D eigenvalue weighted by molar-refractivity contribution is -0.154. The van der Waals surface area contributed by atoms with E-state index in [1.54, 1.807) is 39.0 Å². The van der Waals surface area contributed by atoms with E-state index in [0.717, 1.165) is 5.56 Å². The van der Waals surface area contributed by atoms with Crippen LogP contribution in [0.1, 0.15) is 92.6 Å². The second kappa shape index (κ2) is 22.5. The van der Waals surface area contributed by atoms with E-state index in [2.05, 4.69) is 16.0 Å². The highest BCUT2D eigenvalue weighted by molar-refractivity contribution is 5.96. The largest absolute Gasteiger partial charge is 0.464 e. The Labute approximate surface area is 320 Å². The van der Waals surface area contributed by atoms with Gasteiger partial charge >= 0.3 is 11.9 Å². The Bertz CT molecular complexity index is 1480. The van der Waals surface area contributed by atoms with Crippen LogP contribution in [0.2, 0.25) is 0 Å². The number of ether oxygens (including phenoxy) is 2. The van der Waals surface area contributed by atoms with E-state index in [1.807, 2.05) is 39.0 Å². The molecule has 5 amide bonds. The van der Waals surface area contributed by atoms with E-state index in [9.17, 15) is 33.6 Å². The van der Waals surface area contributed by atoms with E-state index in [0.29, 0.717) is 31.3 Å². The monoisotopic (exact) mass is 755 g/mol. The number of cyclic esters (lactones) is 2. The van der Waals surface area contributed by atoms with Gasteiger partial charge < -0.3 is 35.2 Å². The number of carbonyl (C=O) groups is 7. The molecule has 0 saturated carbocycles. The van der Waals surface area contributed by atoms with Crippen LogP contribution in [-0.4, -0.2) is 109 Å². The maximum absolute atomic E-state index is 14.0. The number of carbonyl (C=O) groups excluding carboxylic acids is 7. The summed E-state index contributed by atoms with van der Waals surface area (Å²) in [6, 6.07) is 4.96. The summed E-state index contributed by atoms with van der Waals surface area (Å²) in [7, 11) is 2.89. The number of esters is 2. The van der Waals surface area contributed by atoms with E-state index in [1.165, 1.54) is 30.8 Å². The van der Waals surface area contributed by atoms with Crippen molar-refractivity contribution in [3.8, 4) is 0 Å². The number of nitrogens with zero attached hydrogens (tertiary/aromatic N) is 2. The third kappa shape index (κ3) is 14.2. The van der Waals surface area contributed by atoms with Gasteiger partial charge in [-0.25, -0.2) is 9.59 Å². The molecule has 2 unspecified atom stereocenters. The molecule has 1 aromatic rings. The minimum absolute atomic E-state index is 0.0173. The fraction of sp³-hybridized carbons (Fsp3) is 0.625. The van der Waals surface area contributed by atoms with Crippen LogP contribution in [-0.2, 0) is 49.5 Å². The molecule has 3 N–H and O–H groups in total. The lowest BCUT2D eigenvalue weighted by atomic mass is 9.97. The molecule has 0 fully saturated rings. The van der Waals surface area contributed by atoms with Crippen LogP contribution in [0.3, 0.4) is 0 Å². The third-order valence-electron chi connectivity index (χ3n) is 9.52. The standard InChI is InChI=1S/C40H61N5O9/c1-10-26(5)34-36(48)42-30(11-2)40(52)53-21-17-13-14-18-27(6)39(51)54-32(22-25(3)4)35(47)41-28(7)37(49)45(9)31(23-29-19-15-12-16-20-29)38(50)44(8)24-33(46)43-34/h12,15-16,18-20,25-26,28,30-32,34H,10-11,13-14,17,21-24H2,1-9H3,(H,41,47)(H,42,48)(H,43,46)/b27-18+/t26?,28-,30+,31+,32+,34?/m0/s1. The molecule has 0 spiro atoms. The molecule has 0 aliphatic carbocycles.